The van der Waals surface area contributed by atoms with Crippen LogP contribution in [0.4, 0.5) is 9.18 Å². The summed E-state index contributed by atoms with van der Waals surface area (Å²) in [6.07, 6.45) is 2.72. The summed E-state index contributed by atoms with van der Waals surface area (Å²) in [6.45, 7) is 15.0. The van der Waals surface area contributed by atoms with Crippen LogP contribution in [0.2, 0.25) is 0 Å². The lowest BCUT2D eigenvalue weighted by Gasteiger charge is -2.42. The van der Waals surface area contributed by atoms with Crippen LogP contribution in [0.3, 0.4) is 0 Å². The summed E-state index contributed by atoms with van der Waals surface area (Å²) in [4.78, 5) is 10.9. The number of rotatable bonds is 10. The lowest BCUT2D eigenvalue weighted by molar-refractivity contribution is 0.144. The zero-order chi connectivity index (χ0) is 29.1. The quantitative estimate of drug-likeness (QED) is 0.151. The third-order valence-corrected chi connectivity index (χ3v) is 7.98. The molecule has 0 spiro atoms. The number of hydrogen-bond acceptors (Lipinski definition) is 4. The number of carboxylic acid groups (broad SMARTS) is 1. The molecule has 3 aromatic carbocycles. The molecule has 2 N–H and O–H groups in total. The van der Waals surface area contributed by atoms with Crippen molar-refractivity contribution in [2.24, 2.45) is 0 Å². The number of fused-ring (bicyclic) bond motifs is 1. The van der Waals surface area contributed by atoms with Gasteiger partial charge in [0, 0.05) is 23.2 Å². The van der Waals surface area contributed by atoms with Gasteiger partial charge in [-0.2, -0.15) is 0 Å². The van der Waals surface area contributed by atoms with Gasteiger partial charge in [-0.1, -0.05) is 65.8 Å². The maximum Gasteiger partial charge on any atom is 0.511 e. The Balaban J connectivity index is 1.71. The fourth-order valence-corrected chi connectivity index (χ4v) is 5.50. The third-order valence-electron chi connectivity index (χ3n) is 7.98. The molecular weight excluding hydrogens is 505 g/mol. The Morgan fingerprint density at radius 3 is 2.25 bits per heavy atom. The molecule has 0 unspecified atom stereocenters. The van der Waals surface area contributed by atoms with E-state index < -0.39 is 12.0 Å². The third kappa shape index (κ3) is 6.84. The highest BCUT2D eigenvalue weighted by molar-refractivity contribution is 5.79. The molecule has 1 aliphatic carbocycles. The molecule has 0 atom stereocenters. The van der Waals surface area contributed by atoms with E-state index in [9.17, 15) is 4.79 Å². The second-order valence-electron chi connectivity index (χ2n) is 12.4. The van der Waals surface area contributed by atoms with Crippen molar-refractivity contribution in [3.05, 3.63) is 71.5 Å². The molecular formula is C34H42FNO4. The molecule has 0 fully saturated rings. The molecule has 214 valence electrons. The van der Waals surface area contributed by atoms with Crippen LogP contribution in [0.1, 0.15) is 78.4 Å². The van der Waals surface area contributed by atoms with Gasteiger partial charge in [0.15, 0.2) is 0 Å². The average Bonchev–Trinajstić information content (AvgIpc) is 2.88. The van der Waals surface area contributed by atoms with Gasteiger partial charge in [-0.15, -0.1) is 0 Å². The molecule has 0 heterocycles. The topological polar surface area (TPSA) is 67.8 Å². The van der Waals surface area contributed by atoms with E-state index >= 15 is 4.39 Å². The van der Waals surface area contributed by atoms with E-state index in [1.165, 1.54) is 17.2 Å². The van der Waals surface area contributed by atoms with E-state index in [-0.39, 0.29) is 16.6 Å². The van der Waals surface area contributed by atoms with E-state index in [0.717, 1.165) is 55.2 Å². The average molecular weight is 548 g/mol. The summed E-state index contributed by atoms with van der Waals surface area (Å²) in [5.41, 5.74) is 5.87. The van der Waals surface area contributed by atoms with Gasteiger partial charge in [0.2, 0.25) is 0 Å². The number of nitrogens with one attached hydrogen (secondary N) is 1. The van der Waals surface area contributed by atoms with Crippen molar-refractivity contribution in [1.82, 2.24) is 5.32 Å². The zero-order valence-corrected chi connectivity index (χ0v) is 24.6. The standard InChI is InChI=1S/C34H42FNO4/c1-22(2)36-17-7-8-18-39-31-14-10-23(26-12-11-25(21-30(26)35)40-32(37)38)19-27(31)24-9-13-28-29(20-24)34(5,6)16-15-33(28,3)4/h9-14,19-22,36H,7-8,15-18H2,1-6H3,(H,37,38). The Morgan fingerprint density at radius 1 is 0.900 bits per heavy atom. The lowest BCUT2D eigenvalue weighted by Crippen LogP contribution is -2.33. The molecule has 0 aliphatic heterocycles. The van der Waals surface area contributed by atoms with Gasteiger partial charge in [0.25, 0.3) is 0 Å². The maximum absolute atomic E-state index is 15.1. The van der Waals surface area contributed by atoms with E-state index in [1.54, 1.807) is 6.07 Å². The Hall–Kier alpha value is -3.38. The van der Waals surface area contributed by atoms with Crippen LogP contribution < -0.4 is 14.8 Å². The number of carbonyl (C=O) groups is 1. The minimum absolute atomic E-state index is 0.0506. The number of ether oxygens (including phenoxy) is 2. The minimum atomic E-state index is -1.48. The SMILES string of the molecule is CC(C)NCCCCOc1ccc(-c2ccc(OC(=O)O)cc2F)cc1-c1ccc2c(c1)C(C)(C)CCC2(C)C. The smallest absolute Gasteiger partial charge is 0.493 e. The van der Waals surface area contributed by atoms with Gasteiger partial charge in [-0.25, -0.2) is 9.18 Å². The first-order chi connectivity index (χ1) is 18.9. The highest BCUT2D eigenvalue weighted by Crippen LogP contribution is 2.47. The van der Waals surface area contributed by atoms with Crippen LogP contribution in [0, 0.1) is 5.82 Å². The Labute approximate surface area is 237 Å². The molecule has 5 nitrogen and oxygen atoms in total. The van der Waals surface area contributed by atoms with Gasteiger partial charge < -0.3 is 19.9 Å². The summed E-state index contributed by atoms with van der Waals surface area (Å²) in [6, 6.07) is 17.0. The van der Waals surface area contributed by atoms with E-state index in [2.05, 4.69) is 69.8 Å². The molecule has 0 saturated heterocycles. The van der Waals surface area contributed by atoms with Crippen LogP contribution in [-0.4, -0.2) is 30.5 Å². The highest BCUT2D eigenvalue weighted by atomic mass is 19.1. The molecule has 0 radical (unpaired) electrons. The molecule has 3 aromatic rings. The summed E-state index contributed by atoms with van der Waals surface area (Å²) in [5, 5.41) is 12.3. The molecule has 0 bridgehead atoms. The second-order valence-corrected chi connectivity index (χ2v) is 12.4. The van der Waals surface area contributed by atoms with E-state index in [1.807, 2.05) is 18.2 Å². The first kappa shape index (κ1) is 29.6. The van der Waals surface area contributed by atoms with E-state index in [0.29, 0.717) is 23.8 Å². The van der Waals surface area contributed by atoms with Gasteiger partial charge in [-0.05, 0) is 89.6 Å². The van der Waals surface area contributed by atoms with Crippen molar-refractivity contribution < 1.29 is 23.8 Å². The predicted octanol–water partition coefficient (Wildman–Crippen LogP) is 8.72. The number of halogens is 1. The first-order valence-corrected chi connectivity index (χ1v) is 14.2. The van der Waals surface area contributed by atoms with Gasteiger partial charge in [0.05, 0.1) is 6.61 Å². The Morgan fingerprint density at radius 2 is 1.57 bits per heavy atom. The fraction of sp³-hybridized carbons (Fsp3) is 0.441. The summed E-state index contributed by atoms with van der Waals surface area (Å²) < 4.78 is 26.0. The second kappa shape index (κ2) is 12.0. The summed E-state index contributed by atoms with van der Waals surface area (Å²) in [7, 11) is 0. The van der Waals surface area contributed by atoms with Crippen LogP contribution in [0.15, 0.2) is 54.6 Å². The van der Waals surface area contributed by atoms with Gasteiger partial charge in [-0.3, -0.25) is 0 Å². The van der Waals surface area contributed by atoms with Crippen LogP contribution in [0.5, 0.6) is 11.5 Å². The maximum atomic E-state index is 15.1. The molecule has 1 aliphatic rings. The largest absolute Gasteiger partial charge is 0.511 e. The van der Waals surface area contributed by atoms with Crippen molar-refractivity contribution in [2.75, 3.05) is 13.2 Å². The van der Waals surface area contributed by atoms with Gasteiger partial charge >= 0.3 is 6.16 Å². The van der Waals surface area contributed by atoms with Crippen molar-refractivity contribution >= 4 is 6.16 Å². The molecule has 0 saturated carbocycles. The summed E-state index contributed by atoms with van der Waals surface area (Å²) in [5.74, 6) is 0.157. The predicted molar refractivity (Wildman–Crippen MR) is 159 cm³/mol. The zero-order valence-electron chi connectivity index (χ0n) is 24.6. The molecule has 40 heavy (non-hydrogen) atoms. The number of hydrogen-bond donors (Lipinski definition) is 2. The van der Waals surface area contributed by atoms with Crippen molar-refractivity contribution in [2.45, 2.75) is 84.1 Å². The number of unbranched alkanes of at least 4 members (excludes halogenated alkanes) is 1. The molecule has 6 heteroatoms. The van der Waals surface area contributed by atoms with Crippen LogP contribution >= 0.6 is 0 Å². The molecule has 4 rings (SSSR count). The van der Waals surface area contributed by atoms with Crippen molar-refractivity contribution in [3.8, 4) is 33.8 Å². The summed E-state index contributed by atoms with van der Waals surface area (Å²) >= 11 is 0. The Kier molecular flexibility index (Phi) is 8.89. The molecule has 0 amide bonds. The van der Waals surface area contributed by atoms with Crippen molar-refractivity contribution in [3.63, 3.8) is 0 Å². The highest BCUT2D eigenvalue weighted by Gasteiger charge is 2.37. The fourth-order valence-electron chi connectivity index (χ4n) is 5.50. The van der Waals surface area contributed by atoms with E-state index in [4.69, 9.17) is 9.84 Å². The van der Waals surface area contributed by atoms with Crippen LogP contribution in [-0.2, 0) is 10.8 Å². The van der Waals surface area contributed by atoms with Crippen LogP contribution in [0.25, 0.3) is 22.3 Å². The van der Waals surface area contributed by atoms with Gasteiger partial charge in [0.1, 0.15) is 17.3 Å². The minimum Gasteiger partial charge on any atom is -0.493 e. The van der Waals surface area contributed by atoms with Crippen molar-refractivity contribution in [1.29, 1.82) is 0 Å². The molecule has 0 aromatic heterocycles. The lowest BCUT2D eigenvalue weighted by atomic mass is 9.63. The first-order valence-electron chi connectivity index (χ1n) is 14.2. The number of benzene rings is 3. The Bertz CT molecular complexity index is 1360. The monoisotopic (exact) mass is 547 g/mol. The normalized spacial score (nSPS) is 15.5.